The molecule has 1 unspecified atom stereocenters. The second-order valence-electron chi connectivity index (χ2n) is 5.51. The lowest BCUT2D eigenvalue weighted by atomic mass is 10.0. The Morgan fingerprint density at radius 3 is 2.08 bits per heavy atom. The number of aromatic carboxylic acids is 1. The van der Waals surface area contributed by atoms with E-state index in [1.165, 1.54) is 0 Å². The number of ether oxygens (including phenoxy) is 1. The molecule has 3 aromatic carbocycles. The van der Waals surface area contributed by atoms with E-state index >= 15 is 0 Å². The van der Waals surface area contributed by atoms with Gasteiger partial charge >= 0.3 is 5.97 Å². The van der Waals surface area contributed by atoms with E-state index in [4.69, 9.17) is 4.74 Å². The summed E-state index contributed by atoms with van der Waals surface area (Å²) in [7, 11) is 0. The van der Waals surface area contributed by atoms with E-state index in [1.807, 2.05) is 60.7 Å². The lowest BCUT2D eigenvalue weighted by Gasteiger charge is -2.21. The van der Waals surface area contributed by atoms with Crippen molar-refractivity contribution in [3.05, 3.63) is 102 Å². The summed E-state index contributed by atoms with van der Waals surface area (Å²) in [4.78, 5) is 11.4. The van der Waals surface area contributed by atoms with Gasteiger partial charge in [-0.2, -0.15) is 0 Å². The molecule has 0 saturated carbocycles. The molecular weight excluding hydrogens is 300 g/mol. The Balaban J connectivity index is 1.92. The number of rotatable bonds is 6. The van der Waals surface area contributed by atoms with Gasteiger partial charge in [0.05, 0.1) is 0 Å². The van der Waals surface area contributed by atoms with E-state index in [9.17, 15) is 9.90 Å². The van der Waals surface area contributed by atoms with Crippen LogP contribution in [0.15, 0.2) is 84.9 Å². The van der Waals surface area contributed by atoms with E-state index < -0.39 is 5.97 Å². The van der Waals surface area contributed by atoms with Gasteiger partial charge in [-0.3, -0.25) is 0 Å². The van der Waals surface area contributed by atoms with Crippen molar-refractivity contribution in [1.29, 1.82) is 0 Å². The molecule has 0 fully saturated rings. The van der Waals surface area contributed by atoms with Gasteiger partial charge < -0.3 is 9.84 Å². The highest BCUT2D eigenvalue weighted by Gasteiger charge is 2.18. The van der Waals surface area contributed by atoms with Gasteiger partial charge in [-0.25, -0.2) is 4.79 Å². The molecule has 0 heterocycles. The molecule has 0 aliphatic rings. The van der Waals surface area contributed by atoms with Gasteiger partial charge in [-0.15, -0.1) is 0 Å². The number of hydrogen-bond acceptors (Lipinski definition) is 2. The third-order valence-electron chi connectivity index (χ3n) is 3.82. The Morgan fingerprint density at radius 1 is 0.833 bits per heavy atom. The highest BCUT2D eigenvalue weighted by Crippen LogP contribution is 2.28. The number of carboxylic acid groups (broad SMARTS) is 1. The van der Waals surface area contributed by atoms with E-state index in [-0.39, 0.29) is 11.7 Å². The summed E-state index contributed by atoms with van der Waals surface area (Å²) in [6.07, 6.45) is 0.410. The van der Waals surface area contributed by atoms with Crippen LogP contribution in [-0.4, -0.2) is 11.1 Å². The monoisotopic (exact) mass is 318 g/mol. The average Bonchev–Trinajstić information content (AvgIpc) is 2.63. The quantitative estimate of drug-likeness (QED) is 0.713. The molecule has 1 N–H and O–H groups in total. The van der Waals surface area contributed by atoms with Gasteiger partial charge in [-0.1, -0.05) is 72.8 Å². The lowest BCUT2D eigenvalue weighted by Crippen LogP contribution is -2.13. The standard InChI is InChI=1S/C21H18O3/c22-21(23)18-13-7-8-14-19(18)24-20(17-11-5-2-6-12-17)15-16-9-3-1-4-10-16/h1-14,20H,15H2,(H,22,23). The predicted molar refractivity (Wildman–Crippen MR) is 93.4 cm³/mol. The van der Waals surface area contributed by atoms with Crippen molar-refractivity contribution >= 4 is 5.97 Å². The molecule has 0 saturated heterocycles. The van der Waals surface area contributed by atoms with Crippen molar-refractivity contribution in [2.45, 2.75) is 12.5 Å². The first kappa shape index (κ1) is 15.8. The molecule has 0 aliphatic carbocycles. The van der Waals surface area contributed by atoms with Crippen LogP contribution in [0.2, 0.25) is 0 Å². The summed E-state index contributed by atoms with van der Waals surface area (Å²) in [5, 5.41) is 9.36. The minimum absolute atomic E-state index is 0.173. The summed E-state index contributed by atoms with van der Waals surface area (Å²) in [6.45, 7) is 0. The van der Waals surface area contributed by atoms with Crippen LogP contribution >= 0.6 is 0 Å². The number of benzene rings is 3. The van der Waals surface area contributed by atoms with Crippen molar-refractivity contribution < 1.29 is 14.6 Å². The van der Waals surface area contributed by atoms with Crippen LogP contribution in [0.4, 0.5) is 0 Å². The summed E-state index contributed by atoms with van der Waals surface area (Å²) < 4.78 is 6.12. The molecule has 0 aromatic heterocycles. The average molecular weight is 318 g/mol. The van der Waals surface area contributed by atoms with Crippen LogP contribution in [0.25, 0.3) is 0 Å². The molecule has 3 nitrogen and oxygen atoms in total. The minimum atomic E-state index is -0.989. The first-order chi connectivity index (χ1) is 11.7. The number of para-hydroxylation sites is 1. The van der Waals surface area contributed by atoms with E-state index in [2.05, 4.69) is 0 Å². The van der Waals surface area contributed by atoms with Crippen molar-refractivity contribution in [2.24, 2.45) is 0 Å². The lowest BCUT2D eigenvalue weighted by molar-refractivity contribution is 0.0689. The molecule has 0 radical (unpaired) electrons. The Bertz CT molecular complexity index is 798. The molecule has 1 atom stereocenters. The SMILES string of the molecule is O=C(O)c1ccccc1OC(Cc1ccccc1)c1ccccc1. The van der Waals surface area contributed by atoms with Gasteiger partial charge in [0.2, 0.25) is 0 Å². The van der Waals surface area contributed by atoms with E-state index in [1.54, 1.807) is 24.3 Å². The molecular formula is C21H18O3. The molecule has 120 valence electrons. The highest BCUT2D eigenvalue weighted by molar-refractivity contribution is 5.90. The molecule has 0 bridgehead atoms. The Kier molecular flexibility index (Phi) is 4.92. The normalized spacial score (nSPS) is 11.7. The molecule has 3 aromatic rings. The summed E-state index contributed by atoms with van der Waals surface area (Å²) in [5.41, 5.74) is 2.33. The zero-order chi connectivity index (χ0) is 16.8. The van der Waals surface area contributed by atoms with Crippen LogP contribution in [-0.2, 0) is 6.42 Å². The van der Waals surface area contributed by atoms with E-state index in [0.717, 1.165) is 11.1 Å². The summed E-state index contributed by atoms with van der Waals surface area (Å²) in [5.74, 6) is -0.605. The maximum Gasteiger partial charge on any atom is 0.339 e. The maximum atomic E-state index is 11.4. The second-order valence-corrected chi connectivity index (χ2v) is 5.51. The first-order valence-corrected chi connectivity index (χ1v) is 7.82. The summed E-state index contributed by atoms with van der Waals surface area (Å²) in [6, 6.07) is 26.6. The van der Waals surface area contributed by atoms with Crippen LogP contribution in [0.5, 0.6) is 5.75 Å². The molecule has 0 aliphatic heterocycles. The van der Waals surface area contributed by atoms with Gasteiger partial charge in [0, 0.05) is 6.42 Å². The van der Waals surface area contributed by atoms with Crippen LogP contribution in [0, 0.1) is 0 Å². The number of carbonyl (C=O) groups is 1. The van der Waals surface area contributed by atoms with Gasteiger partial charge in [0.25, 0.3) is 0 Å². The van der Waals surface area contributed by atoms with Crippen LogP contribution in [0.3, 0.4) is 0 Å². The van der Waals surface area contributed by atoms with Gasteiger partial charge in [0.1, 0.15) is 17.4 Å². The maximum absolute atomic E-state index is 11.4. The Morgan fingerprint density at radius 2 is 1.42 bits per heavy atom. The topological polar surface area (TPSA) is 46.5 Å². The molecule has 0 amide bonds. The third kappa shape index (κ3) is 3.82. The Labute approximate surface area is 141 Å². The summed E-state index contributed by atoms with van der Waals surface area (Å²) >= 11 is 0. The second kappa shape index (κ2) is 7.47. The van der Waals surface area contributed by atoms with Crippen molar-refractivity contribution in [2.75, 3.05) is 0 Å². The minimum Gasteiger partial charge on any atom is -0.484 e. The van der Waals surface area contributed by atoms with Crippen molar-refractivity contribution in [3.63, 3.8) is 0 Å². The fraction of sp³-hybridized carbons (Fsp3) is 0.0952. The van der Waals surface area contributed by atoms with Gasteiger partial charge in [0.15, 0.2) is 0 Å². The fourth-order valence-electron chi connectivity index (χ4n) is 2.62. The smallest absolute Gasteiger partial charge is 0.339 e. The van der Waals surface area contributed by atoms with Crippen molar-refractivity contribution in [1.82, 2.24) is 0 Å². The first-order valence-electron chi connectivity index (χ1n) is 7.82. The Hall–Kier alpha value is -3.07. The van der Waals surface area contributed by atoms with Gasteiger partial charge in [-0.05, 0) is 23.3 Å². The van der Waals surface area contributed by atoms with Crippen LogP contribution < -0.4 is 4.74 Å². The molecule has 0 spiro atoms. The largest absolute Gasteiger partial charge is 0.484 e. The fourth-order valence-corrected chi connectivity index (χ4v) is 2.62. The molecule has 3 heteroatoms. The predicted octanol–water partition coefficient (Wildman–Crippen LogP) is 4.75. The molecule has 3 rings (SSSR count). The number of hydrogen-bond donors (Lipinski definition) is 1. The van der Waals surface area contributed by atoms with E-state index in [0.29, 0.717) is 12.2 Å². The van der Waals surface area contributed by atoms with Crippen molar-refractivity contribution in [3.8, 4) is 5.75 Å². The highest BCUT2D eigenvalue weighted by atomic mass is 16.5. The zero-order valence-electron chi connectivity index (χ0n) is 13.1. The molecule has 24 heavy (non-hydrogen) atoms. The number of carboxylic acids is 1. The zero-order valence-corrected chi connectivity index (χ0v) is 13.1. The van der Waals surface area contributed by atoms with Crippen LogP contribution in [0.1, 0.15) is 27.6 Å². The third-order valence-corrected chi connectivity index (χ3v) is 3.82.